The molecule has 0 radical (unpaired) electrons. The number of phosphoric acid groups is 1. The fourth-order valence-electron chi connectivity index (χ4n) is 5.00. The van der Waals surface area contributed by atoms with Crippen molar-refractivity contribution in [2.45, 2.75) is 168 Å². The first-order valence-corrected chi connectivity index (χ1v) is 20.4. The molecule has 0 N–H and O–H groups in total. The first-order chi connectivity index (χ1) is 22.5. The first-order valence-electron chi connectivity index (χ1n) is 18.9. The molecule has 278 valence electrons. The van der Waals surface area contributed by atoms with Crippen molar-refractivity contribution in [1.82, 2.24) is 0 Å². The third kappa shape index (κ3) is 34.4. The summed E-state index contributed by atoms with van der Waals surface area (Å²) in [4.78, 5) is 37.2. The summed E-state index contributed by atoms with van der Waals surface area (Å²) in [5, 5.41) is 0. The quantitative estimate of drug-likeness (QED) is 0.0216. The smallest absolute Gasteiger partial charge is 0.306 e. The maximum absolute atomic E-state index is 12.6. The molecule has 10 heteroatoms. The number of likely N-dealkylation sites (N-methyl/N-ethyl adjacent to an activating group) is 1. The molecule has 0 aliphatic carbocycles. The maximum atomic E-state index is 12.6. The van der Waals surface area contributed by atoms with Gasteiger partial charge in [0.15, 0.2) is 6.10 Å². The van der Waals surface area contributed by atoms with E-state index in [2.05, 4.69) is 26.0 Å². The number of hydrogen-bond acceptors (Lipinski definition) is 8. The zero-order chi connectivity index (χ0) is 35.1. The summed E-state index contributed by atoms with van der Waals surface area (Å²) in [5.74, 6) is -0.846. The minimum absolute atomic E-state index is 0.0300. The summed E-state index contributed by atoms with van der Waals surface area (Å²) in [6, 6.07) is 0. The minimum atomic E-state index is -4.61. The lowest BCUT2D eigenvalue weighted by Crippen LogP contribution is -2.37. The van der Waals surface area contributed by atoms with Crippen LogP contribution in [0.25, 0.3) is 0 Å². The number of nitrogens with zero attached hydrogens (tertiary/aromatic N) is 1. The van der Waals surface area contributed by atoms with Gasteiger partial charge in [0.05, 0.1) is 27.7 Å². The second-order valence-electron chi connectivity index (χ2n) is 13.9. The highest BCUT2D eigenvalue weighted by atomic mass is 31.2. The van der Waals surface area contributed by atoms with Crippen LogP contribution in [0, 0.1) is 0 Å². The zero-order valence-corrected chi connectivity index (χ0v) is 31.9. The van der Waals surface area contributed by atoms with Gasteiger partial charge < -0.3 is 27.9 Å². The van der Waals surface area contributed by atoms with Crippen molar-refractivity contribution >= 4 is 19.8 Å². The van der Waals surface area contributed by atoms with E-state index in [-0.39, 0.29) is 26.1 Å². The Balaban J connectivity index is 4.42. The van der Waals surface area contributed by atoms with Gasteiger partial charge in [-0.05, 0) is 38.5 Å². The summed E-state index contributed by atoms with van der Waals surface area (Å²) in [7, 11) is 1.16. The standard InChI is InChI=1S/C37H72NO8P/c1-6-8-10-12-14-16-17-18-19-20-21-22-24-26-28-30-37(40)46-35(34-45-47(41,42)44-32-31-38(3,4)5)33-43-36(39)29-27-25-23-15-13-11-9-7-2/h18-19,35H,6-17,20-34H2,1-5H3/b19-18-. The number of unbranched alkanes of at least 4 members (excludes halogenated alkanes) is 18. The van der Waals surface area contributed by atoms with E-state index in [4.69, 9.17) is 18.5 Å². The number of hydrogen-bond donors (Lipinski definition) is 0. The van der Waals surface area contributed by atoms with Crippen molar-refractivity contribution in [3.63, 3.8) is 0 Å². The molecule has 0 amide bonds. The molecule has 0 aliphatic heterocycles. The van der Waals surface area contributed by atoms with E-state index >= 15 is 0 Å². The molecule has 47 heavy (non-hydrogen) atoms. The number of carbonyl (C=O) groups excluding carboxylic acids is 2. The Labute approximate surface area is 288 Å². The molecule has 9 nitrogen and oxygen atoms in total. The van der Waals surface area contributed by atoms with E-state index in [1.54, 1.807) is 0 Å². The van der Waals surface area contributed by atoms with Crippen molar-refractivity contribution in [2.75, 3.05) is 47.5 Å². The van der Waals surface area contributed by atoms with E-state index in [1.807, 2.05) is 21.1 Å². The van der Waals surface area contributed by atoms with Gasteiger partial charge in [0.25, 0.3) is 7.82 Å². The molecule has 0 aromatic heterocycles. The summed E-state index contributed by atoms with van der Waals surface area (Å²) >= 11 is 0. The monoisotopic (exact) mass is 689 g/mol. The number of phosphoric ester groups is 1. The van der Waals surface area contributed by atoms with Crippen LogP contribution in [0.3, 0.4) is 0 Å². The number of ether oxygens (including phenoxy) is 2. The number of carbonyl (C=O) groups is 2. The first kappa shape index (κ1) is 45.8. The van der Waals surface area contributed by atoms with Crippen LogP contribution in [0.2, 0.25) is 0 Å². The largest absolute Gasteiger partial charge is 0.756 e. The second-order valence-corrected chi connectivity index (χ2v) is 15.4. The fourth-order valence-corrected chi connectivity index (χ4v) is 5.73. The molecular formula is C37H72NO8P. The third-order valence-electron chi connectivity index (χ3n) is 8.04. The second kappa shape index (κ2) is 30.8. The molecule has 0 rings (SSSR count). The lowest BCUT2D eigenvalue weighted by atomic mass is 10.1. The van der Waals surface area contributed by atoms with Crippen LogP contribution in [-0.4, -0.2) is 70.0 Å². The SMILES string of the molecule is CCCCCCCC/C=C\CCCCCCCC(=O)OC(COC(=O)CCCCCCCCCC)COP(=O)([O-])OCC[N+](C)(C)C. The van der Waals surface area contributed by atoms with Crippen LogP contribution in [0.5, 0.6) is 0 Å². The third-order valence-corrected chi connectivity index (χ3v) is 9.00. The van der Waals surface area contributed by atoms with Crippen molar-refractivity contribution in [3.05, 3.63) is 12.2 Å². The average Bonchev–Trinajstić information content (AvgIpc) is 3.01. The van der Waals surface area contributed by atoms with Crippen LogP contribution in [0.1, 0.15) is 162 Å². The van der Waals surface area contributed by atoms with E-state index in [9.17, 15) is 19.0 Å². The van der Waals surface area contributed by atoms with Gasteiger partial charge in [-0.1, -0.05) is 122 Å². The predicted octanol–water partition coefficient (Wildman–Crippen LogP) is 9.22. The minimum Gasteiger partial charge on any atom is -0.756 e. The van der Waals surface area contributed by atoms with Gasteiger partial charge in [-0.15, -0.1) is 0 Å². The van der Waals surface area contributed by atoms with Crippen molar-refractivity contribution < 1.29 is 42.1 Å². The summed E-state index contributed by atoms with van der Waals surface area (Å²) < 4.78 is 33.6. The molecule has 0 saturated heterocycles. The molecular weight excluding hydrogens is 617 g/mol. The lowest BCUT2D eigenvalue weighted by Gasteiger charge is -2.28. The number of rotatable bonds is 34. The lowest BCUT2D eigenvalue weighted by molar-refractivity contribution is -0.870. The van der Waals surface area contributed by atoms with E-state index in [1.165, 1.54) is 77.0 Å². The van der Waals surface area contributed by atoms with Crippen molar-refractivity contribution in [1.29, 1.82) is 0 Å². The Kier molecular flexibility index (Phi) is 30.0. The summed E-state index contributed by atoms with van der Waals surface area (Å²) in [6.45, 7) is 4.17. The Morgan fingerprint density at radius 3 is 1.57 bits per heavy atom. The maximum Gasteiger partial charge on any atom is 0.306 e. The van der Waals surface area contributed by atoms with Gasteiger partial charge >= 0.3 is 11.9 Å². The van der Waals surface area contributed by atoms with Crippen LogP contribution in [-0.2, 0) is 32.7 Å². The van der Waals surface area contributed by atoms with Gasteiger partial charge in [-0.3, -0.25) is 14.2 Å². The van der Waals surface area contributed by atoms with Gasteiger partial charge in [0, 0.05) is 12.8 Å². The molecule has 0 aromatic carbocycles. The summed E-state index contributed by atoms with van der Waals surface area (Å²) in [6.07, 6.45) is 28.2. The highest BCUT2D eigenvalue weighted by Crippen LogP contribution is 2.38. The highest BCUT2D eigenvalue weighted by molar-refractivity contribution is 7.45. The summed E-state index contributed by atoms with van der Waals surface area (Å²) in [5.41, 5.74) is 0. The molecule has 0 aromatic rings. The van der Waals surface area contributed by atoms with Crippen LogP contribution >= 0.6 is 7.82 Å². The van der Waals surface area contributed by atoms with Crippen molar-refractivity contribution in [3.8, 4) is 0 Å². The molecule has 2 atom stereocenters. The highest BCUT2D eigenvalue weighted by Gasteiger charge is 2.21. The number of allylic oxidation sites excluding steroid dienone is 2. The number of esters is 2. The topological polar surface area (TPSA) is 111 Å². The number of quaternary nitrogens is 1. The molecule has 0 saturated carbocycles. The Hall–Kier alpha value is -1.25. The zero-order valence-electron chi connectivity index (χ0n) is 31.0. The molecule has 0 bridgehead atoms. The molecule has 0 heterocycles. The molecule has 0 aliphatic rings. The average molecular weight is 690 g/mol. The van der Waals surface area contributed by atoms with Gasteiger partial charge in [-0.25, -0.2) is 0 Å². The normalized spacial score (nSPS) is 13.9. The van der Waals surface area contributed by atoms with Gasteiger partial charge in [0.1, 0.15) is 19.8 Å². The molecule has 0 fully saturated rings. The Morgan fingerprint density at radius 1 is 0.638 bits per heavy atom. The predicted molar refractivity (Wildman–Crippen MR) is 190 cm³/mol. The van der Waals surface area contributed by atoms with E-state index in [0.29, 0.717) is 17.4 Å². The van der Waals surface area contributed by atoms with E-state index in [0.717, 1.165) is 51.4 Å². The van der Waals surface area contributed by atoms with Crippen LogP contribution in [0.4, 0.5) is 0 Å². The molecule has 0 spiro atoms. The molecule has 2 unspecified atom stereocenters. The van der Waals surface area contributed by atoms with Crippen LogP contribution in [0.15, 0.2) is 12.2 Å². The Morgan fingerprint density at radius 2 is 1.09 bits per heavy atom. The Bertz CT molecular complexity index is 830. The van der Waals surface area contributed by atoms with Gasteiger partial charge in [-0.2, -0.15) is 0 Å². The van der Waals surface area contributed by atoms with Gasteiger partial charge in [0.2, 0.25) is 0 Å². The van der Waals surface area contributed by atoms with Crippen molar-refractivity contribution in [2.24, 2.45) is 0 Å². The van der Waals surface area contributed by atoms with E-state index < -0.39 is 32.5 Å². The fraction of sp³-hybridized carbons (Fsp3) is 0.892. The van der Waals surface area contributed by atoms with Crippen LogP contribution < -0.4 is 4.89 Å².